The molecule has 2 aromatic heterocycles. The number of aromatic nitrogens is 3. The highest BCUT2D eigenvalue weighted by atomic mass is 35.5. The lowest BCUT2D eigenvalue weighted by atomic mass is 10.2. The van der Waals surface area contributed by atoms with Gasteiger partial charge in [0.1, 0.15) is 11.5 Å². The van der Waals surface area contributed by atoms with Crippen molar-refractivity contribution in [3.8, 4) is 23.0 Å². The predicted octanol–water partition coefficient (Wildman–Crippen LogP) is 3.59. The van der Waals surface area contributed by atoms with Crippen molar-refractivity contribution < 1.29 is 8.91 Å². The van der Waals surface area contributed by atoms with Crippen molar-refractivity contribution in [3.05, 3.63) is 53.4 Å². The molecule has 4 nitrogen and oxygen atoms in total. The van der Waals surface area contributed by atoms with Crippen LogP contribution in [-0.2, 0) is 0 Å². The van der Waals surface area contributed by atoms with Crippen molar-refractivity contribution in [2.24, 2.45) is 0 Å². The summed E-state index contributed by atoms with van der Waals surface area (Å²) in [4.78, 5) is 8.31. The maximum Gasteiger partial charge on any atom is 0.259 e. The van der Waals surface area contributed by atoms with E-state index in [0.717, 1.165) is 0 Å². The first kappa shape index (κ1) is 11.8. The van der Waals surface area contributed by atoms with Gasteiger partial charge < -0.3 is 4.52 Å². The summed E-state index contributed by atoms with van der Waals surface area (Å²) in [6.45, 7) is 0. The second-order valence-electron chi connectivity index (χ2n) is 3.76. The van der Waals surface area contributed by atoms with Gasteiger partial charge in [0.25, 0.3) is 5.89 Å². The second-order valence-corrected chi connectivity index (χ2v) is 4.17. The Labute approximate surface area is 112 Å². The Hall–Kier alpha value is -2.27. The van der Waals surface area contributed by atoms with E-state index in [4.69, 9.17) is 16.1 Å². The molecule has 0 atom stereocenters. The van der Waals surface area contributed by atoms with Gasteiger partial charge in [-0.05, 0) is 30.3 Å². The van der Waals surface area contributed by atoms with Crippen LogP contribution < -0.4 is 0 Å². The SMILES string of the molecule is Fc1ccc(-c2nc(-c3ccccn3)no2)c(Cl)c1. The summed E-state index contributed by atoms with van der Waals surface area (Å²) < 4.78 is 18.1. The van der Waals surface area contributed by atoms with Crippen LogP contribution in [0.1, 0.15) is 0 Å². The zero-order valence-corrected chi connectivity index (χ0v) is 10.3. The maximum atomic E-state index is 13.0. The van der Waals surface area contributed by atoms with Crippen molar-refractivity contribution in [3.63, 3.8) is 0 Å². The standard InChI is InChI=1S/C13H7ClFN3O/c14-10-7-8(15)4-5-9(10)13-17-12(18-19-13)11-3-1-2-6-16-11/h1-7H. The molecule has 0 aliphatic carbocycles. The van der Waals surface area contributed by atoms with Crippen molar-refractivity contribution in [1.29, 1.82) is 0 Å². The first-order chi connectivity index (χ1) is 9.24. The average Bonchev–Trinajstić information content (AvgIpc) is 2.89. The van der Waals surface area contributed by atoms with E-state index in [2.05, 4.69) is 15.1 Å². The number of halogens is 2. The van der Waals surface area contributed by atoms with Crippen molar-refractivity contribution >= 4 is 11.6 Å². The molecule has 94 valence electrons. The minimum atomic E-state index is -0.418. The fourth-order valence-electron chi connectivity index (χ4n) is 1.59. The highest BCUT2D eigenvalue weighted by Crippen LogP contribution is 2.28. The molecule has 0 saturated carbocycles. The van der Waals surface area contributed by atoms with Gasteiger partial charge in [-0.3, -0.25) is 4.98 Å². The molecule has 0 N–H and O–H groups in total. The van der Waals surface area contributed by atoms with Crippen LogP contribution in [0.15, 0.2) is 47.1 Å². The Morgan fingerprint density at radius 1 is 1.16 bits per heavy atom. The Morgan fingerprint density at radius 2 is 2.05 bits per heavy atom. The van der Waals surface area contributed by atoms with Crippen molar-refractivity contribution in [2.45, 2.75) is 0 Å². The van der Waals surface area contributed by atoms with Gasteiger partial charge in [-0.15, -0.1) is 0 Å². The smallest absolute Gasteiger partial charge is 0.259 e. The van der Waals surface area contributed by atoms with E-state index in [-0.39, 0.29) is 10.9 Å². The normalized spacial score (nSPS) is 10.6. The highest BCUT2D eigenvalue weighted by Gasteiger charge is 2.14. The van der Waals surface area contributed by atoms with Gasteiger partial charge in [-0.2, -0.15) is 4.98 Å². The fraction of sp³-hybridized carbons (Fsp3) is 0. The molecule has 0 amide bonds. The number of hydrogen-bond donors (Lipinski definition) is 0. The zero-order chi connectivity index (χ0) is 13.2. The molecule has 2 heterocycles. The third-order valence-corrected chi connectivity index (χ3v) is 2.79. The minimum Gasteiger partial charge on any atom is -0.334 e. The summed E-state index contributed by atoms with van der Waals surface area (Å²) in [5.74, 6) is 0.167. The Kier molecular flexibility index (Phi) is 2.97. The minimum absolute atomic E-state index is 0.219. The zero-order valence-electron chi connectivity index (χ0n) is 9.55. The number of pyridine rings is 1. The van der Waals surface area contributed by atoms with Crippen LogP contribution in [0.4, 0.5) is 4.39 Å². The summed E-state index contributed by atoms with van der Waals surface area (Å²) in [5.41, 5.74) is 1.08. The Morgan fingerprint density at radius 3 is 2.79 bits per heavy atom. The molecule has 3 rings (SSSR count). The summed E-state index contributed by atoms with van der Waals surface area (Å²) in [5, 5.41) is 4.04. The monoisotopic (exact) mass is 275 g/mol. The summed E-state index contributed by atoms with van der Waals surface area (Å²) in [7, 11) is 0. The summed E-state index contributed by atoms with van der Waals surface area (Å²) >= 11 is 5.94. The lowest BCUT2D eigenvalue weighted by molar-refractivity contribution is 0.432. The van der Waals surface area contributed by atoms with E-state index in [0.29, 0.717) is 17.1 Å². The number of hydrogen-bond acceptors (Lipinski definition) is 4. The molecule has 0 radical (unpaired) electrons. The van der Waals surface area contributed by atoms with Crippen molar-refractivity contribution in [2.75, 3.05) is 0 Å². The fourth-order valence-corrected chi connectivity index (χ4v) is 1.84. The first-order valence-electron chi connectivity index (χ1n) is 5.44. The molecule has 0 aliphatic rings. The van der Waals surface area contributed by atoms with E-state index in [1.165, 1.54) is 18.2 Å². The van der Waals surface area contributed by atoms with Gasteiger partial charge in [0.05, 0.1) is 10.6 Å². The van der Waals surface area contributed by atoms with Crippen LogP contribution in [0.2, 0.25) is 5.02 Å². The van der Waals surface area contributed by atoms with Gasteiger partial charge in [0, 0.05) is 6.20 Å². The van der Waals surface area contributed by atoms with E-state index in [9.17, 15) is 4.39 Å². The quantitative estimate of drug-likeness (QED) is 0.717. The van der Waals surface area contributed by atoms with Crippen molar-refractivity contribution in [1.82, 2.24) is 15.1 Å². The molecule has 0 fully saturated rings. The molecular weight excluding hydrogens is 269 g/mol. The predicted molar refractivity (Wildman–Crippen MR) is 67.9 cm³/mol. The average molecular weight is 276 g/mol. The van der Waals surface area contributed by atoms with Crippen LogP contribution >= 0.6 is 11.6 Å². The van der Waals surface area contributed by atoms with E-state index in [1.807, 2.05) is 6.07 Å². The van der Waals surface area contributed by atoms with Crippen LogP contribution in [0.5, 0.6) is 0 Å². The number of rotatable bonds is 2. The van der Waals surface area contributed by atoms with Crippen LogP contribution in [0.3, 0.4) is 0 Å². The van der Waals surface area contributed by atoms with Crippen LogP contribution in [0, 0.1) is 5.82 Å². The lowest BCUT2D eigenvalue weighted by Crippen LogP contribution is -1.85. The van der Waals surface area contributed by atoms with E-state index in [1.54, 1.807) is 18.3 Å². The Balaban J connectivity index is 2.02. The van der Waals surface area contributed by atoms with E-state index < -0.39 is 5.82 Å². The topological polar surface area (TPSA) is 51.8 Å². The summed E-state index contributed by atoms with van der Waals surface area (Å²) in [6, 6.07) is 9.35. The van der Waals surface area contributed by atoms with Gasteiger partial charge >= 0.3 is 0 Å². The second kappa shape index (κ2) is 4.78. The molecule has 0 spiro atoms. The third kappa shape index (κ3) is 2.32. The molecule has 1 aromatic carbocycles. The molecule has 6 heteroatoms. The van der Waals surface area contributed by atoms with Gasteiger partial charge in [0.15, 0.2) is 0 Å². The lowest BCUT2D eigenvalue weighted by Gasteiger charge is -1.97. The largest absolute Gasteiger partial charge is 0.334 e. The Bertz CT molecular complexity index is 715. The number of nitrogens with zero attached hydrogens (tertiary/aromatic N) is 3. The summed E-state index contributed by atoms with van der Waals surface area (Å²) in [6.07, 6.45) is 1.64. The molecule has 3 aromatic rings. The first-order valence-corrected chi connectivity index (χ1v) is 5.82. The van der Waals surface area contributed by atoms with Gasteiger partial charge in [-0.1, -0.05) is 22.8 Å². The number of benzene rings is 1. The van der Waals surface area contributed by atoms with E-state index >= 15 is 0 Å². The van der Waals surface area contributed by atoms with Crippen LogP contribution in [0.25, 0.3) is 23.0 Å². The molecule has 0 unspecified atom stereocenters. The van der Waals surface area contributed by atoms with Gasteiger partial charge in [-0.25, -0.2) is 4.39 Å². The molecule has 0 bridgehead atoms. The van der Waals surface area contributed by atoms with Crippen LogP contribution in [-0.4, -0.2) is 15.1 Å². The molecular formula is C13H7ClFN3O. The van der Waals surface area contributed by atoms with Gasteiger partial charge in [0.2, 0.25) is 5.82 Å². The third-order valence-electron chi connectivity index (χ3n) is 2.48. The molecule has 0 aliphatic heterocycles. The maximum absolute atomic E-state index is 13.0. The molecule has 0 saturated heterocycles. The molecule has 19 heavy (non-hydrogen) atoms. The highest BCUT2D eigenvalue weighted by molar-refractivity contribution is 6.33.